The average Bonchev–Trinajstić information content (AvgIpc) is 2.59. The highest BCUT2D eigenvalue weighted by Crippen LogP contribution is 2.24. The van der Waals surface area contributed by atoms with Gasteiger partial charge in [0.1, 0.15) is 0 Å². The maximum absolute atomic E-state index is 12.1. The Bertz CT molecular complexity index is 917. The van der Waals surface area contributed by atoms with E-state index in [4.69, 9.17) is 23.2 Å². The van der Waals surface area contributed by atoms with Crippen LogP contribution in [0.1, 0.15) is 11.1 Å². The first-order chi connectivity index (χ1) is 11.6. The Balaban J connectivity index is 1.69. The van der Waals surface area contributed by atoms with Gasteiger partial charge < -0.3 is 0 Å². The minimum absolute atomic E-state index is 0.194. The Morgan fingerprint density at radius 1 is 1.00 bits per heavy atom. The van der Waals surface area contributed by atoms with Crippen LogP contribution in [-0.2, 0) is 11.2 Å². The third-order valence-corrected chi connectivity index (χ3v) is 4.44. The number of hydrazone groups is 1. The topological polar surface area (TPSA) is 41.5 Å². The van der Waals surface area contributed by atoms with E-state index in [0.717, 1.165) is 16.3 Å². The molecule has 0 aliphatic carbocycles. The highest BCUT2D eigenvalue weighted by atomic mass is 35.5. The lowest BCUT2D eigenvalue weighted by Crippen LogP contribution is -2.19. The maximum atomic E-state index is 12.1. The van der Waals surface area contributed by atoms with E-state index in [0.29, 0.717) is 15.6 Å². The summed E-state index contributed by atoms with van der Waals surface area (Å²) in [6.07, 6.45) is 1.73. The second-order valence-electron chi connectivity index (χ2n) is 5.25. The van der Waals surface area contributed by atoms with Crippen LogP contribution in [0.25, 0.3) is 10.8 Å². The molecule has 0 atom stereocenters. The van der Waals surface area contributed by atoms with Crippen molar-refractivity contribution >= 4 is 46.1 Å². The van der Waals surface area contributed by atoms with Gasteiger partial charge in [-0.1, -0.05) is 77.8 Å². The van der Waals surface area contributed by atoms with Gasteiger partial charge in [0.2, 0.25) is 5.91 Å². The van der Waals surface area contributed by atoms with Gasteiger partial charge in [-0.25, -0.2) is 5.43 Å². The SMILES string of the molecule is O=C(Cc1cccc2ccccc12)N/N=C\c1cccc(Cl)c1Cl. The molecule has 3 aromatic rings. The normalized spacial score (nSPS) is 11.1. The van der Waals surface area contributed by atoms with Crippen molar-refractivity contribution in [3.05, 3.63) is 81.8 Å². The average molecular weight is 357 g/mol. The first-order valence-electron chi connectivity index (χ1n) is 7.38. The van der Waals surface area contributed by atoms with E-state index >= 15 is 0 Å². The summed E-state index contributed by atoms with van der Waals surface area (Å²) >= 11 is 12.0. The largest absolute Gasteiger partial charge is 0.273 e. The van der Waals surface area contributed by atoms with Crippen LogP contribution in [0.3, 0.4) is 0 Å². The van der Waals surface area contributed by atoms with Crippen LogP contribution in [0.2, 0.25) is 10.0 Å². The van der Waals surface area contributed by atoms with E-state index in [2.05, 4.69) is 10.5 Å². The summed E-state index contributed by atoms with van der Waals surface area (Å²) in [5, 5.41) is 6.98. The maximum Gasteiger partial charge on any atom is 0.244 e. The lowest BCUT2D eigenvalue weighted by Gasteiger charge is -2.05. The zero-order chi connectivity index (χ0) is 16.9. The van der Waals surface area contributed by atoms with Crippen LogP contribution in [0.15, 0.2) is 65.8 Å². The molecular formula is C19H14Cl2N2O. The molecule has 0 heterocycles. The first kappa shape index (κ1) is 16.5. The van der Waals surface area contributed by atoms with E-state index in [-0.39, 0.29) is 12.3 Å². The minimum atomic E-state index is -0.194. The van der Waals surface area contributed by atoms with Crippen molar-refractivity contribution in [2.75, 3.05) is 0 Å². The molecule has 0 spiro atoms. The molecule has 120 valence electrons. The molecule has 24 heavy (non-hydrogen) atoms. The van der Waals surface area contributed by atoms with Crippen LogP contribution in [0.4, 0.5) is 0 Å². The molecule has 0 unspecified atom stereocenters. The van der Waals surface area contributed by atoms with Crippen molar-refractivity contribution in [2.45, 2.75) is 6.42 Å². The predicted octanol–water partition coefficient (Wildman–Crippen LogP) is 4.84. The Labute approximate surface area is 149 Å². The lowest BCUT2D eigenvalue weighted by molar-refractivity contribution is -0.120. The number of rotatable bonds is 4. The zero-order valence-electron chi connectivity index (χ0n) is 12.7. The summed E-state index contributed by atoms with van der Waals surface area (Å²) in [5.74, 6) is -0.194. The molecule has 0 aromatic heterocycles. The van der Waals surface area contributed by atoms with Gasteiger partial charge in [-0.2, -0.15) is 5.10 Å². The van der Waals surface area contributed by atoms with Crippen molar-refractivity contribution in [3.8, 4) is 0 Å². The van der Waals surface area contributed by atoms with E-state index < -0.39 is 0 Å². The molecule has 0 aliphatic heterocycles. The smallest absolute Gasteiger partial charge is 0.244 e. The number of hydrogen-bond donors (Lipinski definition) is 1. The summed E-state index contributed by atoms with van der Waals surface area (Å²) in [4.78, 5) is 12.1. The second kappa shape index (κ2) is 7.47. The van der Waals surface area contributed by atoms with E-state index in [1.54, 1.807) is 18.2 Å². The van der Waals surface area contributed by atoms with Crippen LogP contribution < -0.4 is 5.43 Å². The fourth-order valence-electron chi connectivity index (χ4n) is 2.45. The van der Waals surface area contributed by atoms with Crippen molar-refractivity contribution in [2.24, 2.45) is 5.10 Å². The van der Waals surface area contributed by atoms with E-state index in [1.165, 1.54) is 6.21 Å². The number of halogens is 2. The fraction of sp³-hybridized carbons (Fsp3) is 0.0526. The van der Waals surface area contributed by atoms with Crippen LogP contribution >= 0.6 is 23.2 Å². The van der Waals surface area contributed by atoms with Crippen LogP contribution in [0, 0.1) is 0 Å². The quantitative estimate of drug-likeness (QED) is 0.527. The number of hydrogen-bond acceptors (Lipinski definition) is 2. The van der Waals surface area contributed by atoms with Gasteiger partial charge in [-0.05, 0) is 22.4 Å². The van der Waals surface area contributed by atoms with Gasteiger partial charge in [-0.3, -0.25) is 4.79 Å². The standard InChI is InChI=1S/C19H14Cl2N2O/c20-17-10-4-8-15(19(17)21)12-22-23-18(24)11-14-7-3-6-13-5-1-2-9-16(13)14/h1-10,12H,11H2,(H,23,24)/b22-12-. The molecule has 0 bridgehead atoms. The molecule has 0 fully saturated rings. The third kappa shape index (κ3) is 3.75. The summed E-state index contributed by atoms with van der Waals surface area (Å²) in [6, 6.07) is 19.1. The molecule has 3 aromatic carbocycles. The second-order valence-corrected chi connectivity index (χ2v) is 6.04. The van der Waals surface area contributed by atoms with Crippen molar-refractivity contribution in [3.63, 3.8) is 0 Å². The summed E-state index contributed by atoms with van der Waals surface area (Å²) < 4.78 is 0. The highest BCUT2D eigenvalue weighted by molar-refractivity contribution is 6.43. The Morgan fingerprint density at radius 2 is 1.75 bits per heavy atom. The number of carbonyl (C=O) groups is 1. The van der Waals surface area contributed by atoms with Gasteiger partial charge in [-0.15, -0.1) is 0 Å². The van der Waals surface area contributed by atoms with Crippen molar-refractivity contribution in [1.29, 1.82) is 0 Å². The molecule has 0 radical (unpaired) electrons. The van der Waals surface area contributed by atoms with E-state index in [9.17, 15) is 4.79 Å². The third-order valence-electron chi connectivity index (χ3n) is 3.61. The van der Waals surface area contributed by atoms with Crippen molar-refractivity contribution < 1.29 is 4.79 Å². The highest BCUT2D eigenvalue weighted by Gasteiger charge is 2.06. The number of amides is 1. The van der Waals surface area contributed by atoms with Gasteiger partial charge in [0.25, 0.3) is 0 Å². The fourth-order valence-corrected chi connectivity index (χ4v) is 2.81. The monoisotopic (exact) mass is 356 g/mol. The zero-order valence-corrected chi connectivity index (χ0v) is 14.2. The molecule has 0 aliphatic rings. The van der Waals surface area contributed by atoms with Gasteiger partial charge in [0, 0.05) is 5.56 Å². The molecule has 0 saturated carbocycles. The van der Waals surface area contributed by atoms with Gasteiger partial charge in [0.05, 0.1) is 22.7 Å². The molecule has 0 saturated heterocycles. The lowest BCUT2D eigenvalue weighted by atomic mass is 10.0. The summed E-state index contributed by atoms with van der Waals surface area (Å²) in [7, 11) is 0. The molecule has 5 heteroatoms. The van der Waals surface area contributed by atoms with E-state index in [1.807, 2.05) is 42.5 Å². The van der Waals surface area contributed by atoms with Gasteiger partial charge in [0.15, 0.2) is 0 Å². The summed E-state index contributed by atoms with van der Waals surface area (Å²) in [6.45, 7) is 0. The Morgan fingerprint density at radius 3 is 2.62 bits per heavy atom. The minimum Gasteiger partial charge on any atom is -0.273 e. The van der Waals surface area contributed by atoms with Crippen LogP contribution in [-0.4, -0.2) is 12.1 Å². The molecule has 3 rings (SSSR count). The Kier molecular flexibility index (Phi) is 5.14. The summed E-state index contributed by atoms with van der Waals surface area (Å²) in [5.41, 5.74) is 4.13. The number of fused-ring (bicyclic) bond motifs is 1. The molecule has 1 amide bonds. The first-order valence-corrected chi connectivity index (χ1v) is 8.13. The Hall–Kier alpha value is -2.36. The van der Waals surface area contributed by atoms with Crippen molar-refractivity contribution in [1.82, 2.24) is 5.43 Å². The molecular weight excluding hydrogens is 343 g/mol. The number of nitrogens with zero attached hydrogens (tertiary/aromatic N) is 1. The molecule has 1 N–H and O–H groups in total. The number of nitrogens with one attached hydrogen (secondary N) is 1. The van der Waals surface area contributed by atoms with Crippen LogP contribution in [0.5, 0.6) is 0 Å². The van der Waals surface area contributed by atoms with Gasteiger partial charge >= 0.3 is 0 Å². The predicted molar refractivity (Wildman–Crippen MR) is 99.9 cm³/mol. The molecule has 3 nitrogen and oxygen atoms in total. The number of carbonyl (C=O) groups excluding carboxylic acids is 1. The number of benzene rings is 3.